The van der Waals surface area contributed by atoms with E-state index in [2.05, 4.69) is 20.8 Å². The molecule has 0 amide bonds. The third-order valence-electron chi connectivity index (χ3n) is 3.10. The van der Waals surface area contributed by atoms with Crippen LogP contribution in [-0.2, 0) is 4.74 Å². The summed E-state index contributed by atoms with van der Waals surface area (Å²) in [4.78, 5) is 0. The van der Waals surface area contributed by atoms with E-state index in [0.717, 1.165) is 19.1 Å². The van der Waals surface area contributed by atoms with Gasteiger partial charge in [0.1, 0.15) is 0 Å². The monoisotopic (exact) mass is 228 g/mol. The second kappa shape index (κ2) is 13.0. The number of hydrogen-bond donors (Lipinski definition) is 0. The first-order chi connectivity index (χ1) is 7.81. The molecule has 16 heavy (non-hydrogen) atoms. The Kier molecular flexibility index (Phi) is 13.0. The van der Waals surface area contributed by atoms with Crippen LogP contribution in [0.25, 0.3) is 0 Å². The van der Waals surface area contributed by atoms with E-state index >= 15 is 0 Å². The molecule has 0 bridgehead atoms. The van der Waals surface area contributed by atoms with Gasteiger partial charge in [-0.2, -0.15) is 0 Å². The fourth-order valence-electron chi connectivity index (χ4n) is 1.89. The van der Waals surface area contributed by atoms with Gasteiger partial charge in [0.25, 0.3) is 0 Å². The van der Waals surface area contributed by atoms with Gasteiger partial charge in [0.2, 0.25) is 0 Å². The van der Waals surface area contributed by atoms with Crippen molar-refractivity contribution in [1.29, 1.82) is 0 Å². The predicted octanol–water partition coefficient (Wildman–Crippen LogP) is 5.19. The van der Waals surface area contributed by atoms with Crippen molar-refractivity contribution in [2.45, 2.75) is 78.6 Å². The topological polar surface area (TPSA) is 9.23 Å². The Labute approximate surface area is 103 Å². The second-order valence-corrected chi connectivity index (χ2v) is 5.09. The highest BCUT2D eigenvalue weighted by Gasteiger charge is 2.01. The zero-order valence-electron chi connectivity index (χ0n) is 11.8. The lowest BCUT2D eigenvalue weighted by atomic mass is 10.0. The van der Waals surface area contributed by atoms with Crippen LogP contribution >= 0.6 is 0 Å². The van der Waals surface area contributed by atoms with Gasteiger partial charge < -0.3 is 4.74 Å². The van der Waals surface area contributed by atoms with Crippen LogP contribution in [0.2, 0.25) is 0 Å². The molecule has 0 rings (SSSR count). The summed E-state index contributed by atoms with van der Waals surface area (Å²) in [5.74, 6) is 0.753. The summed E-state index contributed by atoms with van der Waals surface area (Å²) >= 11 is 0. The molecular weight excluding hydrogens is 196 g/mol. The molecule has 0 aromatic carbocycles. The van der Waals surface area contributed by atoms with E-state index in [1.807, 2.05) is 0 Å². The van der Waals surface area contributed by atoms with Crippen LogP contribution in [0.15, 0.2) is 0 Å². The molecule has 0 aromatic heterocycles. The highest BCUT2D eigenvalue weighted by molar-refractivity contribution is 4.53. The Morgan fingerprint density at radius 1 is 0.812 bits per heavy atom. The molecular formula is C15H32O. The van der Waals surface area contributed by atoms with Crippen LogP contribution in [0.1, 0.15) is 78.6 Å². The van der Waals surface area contributed by atoms with E-state index in [9.17, 15) is 0 Å². The molecule has 1 nitrogen and oxygen atoms in total. The fourth-order valence-corrected chi connectivity index (χ4v) is 1.89. The summed E-state index contributed by atoms with van der Waals surface area (Å²) in [5, 5.41) is 0. The van der Waals surface area contributed by atoms with Gasteiger partial charge in [0.15, 0.2) is 0 Å². The number of unbranched alkanes of at least 4 members (excludes halogenated alkanes) is 6. The lowest BCUT2D eigenvalue weighted by molar-refractivity contribution is 0.0987. The summed E-state index contributed by atoms with van der Waals surface area (Å²) in [6, 6.07) is 0. The molecule has 0 spiro atoms. The van der Waals surface area contributed by atoms with Crippen molar-refractivity contribution in [2.24, 2.45) is 5.92 Å². The first-order valence-corrected chi connectivity index (χ1v) is 7.39. The first kappa shape index (κ1) is 16.0. The van der Waals surface area contributed by atoms with Crippen LogP contribution in [0, 0.1) is 5.92 Å². The van der Waals surface area contributed by atoms with Gasteiger partial charge >= 0.3 is 0 Å². The van der Waals surface area contributed by atoms with Crippen molar-refractivity contribution in [2.75, 3.05) is 13.2 Å². The van der Waals surface area contributed by atoms with Gasteiger partial charge in [0.05, 0.1) is 0 Å². The molecule has 1 atom stereocenters. The maximum atomic E-state index is 5.63. The van der Waals surface area contributed by atoms with E-state index in [-0.39, 0.29) is 0 Å². The Hall–Kier alpha value is -0.0400. The smallest absolute Gasteiger partial charge is 0.0491 e. The molecule has 0 aliphatic carbocycles. The molecule has 0 aliphatic heterocycles. The van der Waals surface area contributed by atoms with Gasteiger partial charge in [-0.3, -0.25) is 0 Å². The molecule has 0 aliphatic rings. The largest absolute Gasteiger partial charge is 0.381 e. The van der Waals surface area contributed by atoms with Crippen molar-refractivity contribution >= 4 is 0 Å². The third-order valence-corrected chi connectivity index (χ3v) is 3.10. The minimum absolute atomic E-state index is 0.753. The zero-order chi connectivity index (χ0) is 12.1. The van der Waals surface area contributed by atoms with E-state index < -0.39 is 0 Å². The van der Waals surface area contributed by atoms with Crippen molar-refractivity contribution < 1.29 is 4.74 Å². The lowest BCUT2D eigenvalue weighted by Crippen LogP contribution is -2.06. The number of ether oxygens (including phenoxy) is 1. The summed E-state index contributed by atoms with van der Waals surface area (Å²) in [6.07, 6.45) is 12.2. The molecule has 98 valence electrons. The van der Waals surface area contributed by atoms with Gasteiger partial charge in [-0.1, -0.05) is 65.7 Å². The highest BCUT2D eigenvalue weighted by Crippen LogP contribution is 2.12. The Bertz CT molecular complexity index is 123. The second-order valence-electron chi connectivity index (χ2n) is 5.09. The maximum Gasteiger partial charge on any atom is 0.0491 e. The van der Waals surface area contributed by atoms with E-state index in [1.54, 1.807) is 0 Å². The number of rotatable bonds is 12. The van der Waals surface area contributed by atoms with Crippen molar-refractivity contribution in [1.82, 2.24) is 0 Å². The minimum Gasteiger partial charge on any atom is -0.381 e. The molecule has 0 radical (unpaired) electrons. The van der Waals surface area contributed by atoms with Crippen LogP contribution in [0.4, 0.5) is 0 Å². The average Bonchev–Trinajstić information content (AvgIpc) is 2.29. The lowest BCUT2D eigenvalue weighted by Gasteiger charge is -2.11. The van der Waals surface area contributed by atoms with Crippen LogP contribution in [-0.4, -0.2) is 13.2 Å². The summed E-state index contributed by atoms with van der Waals surface area (Å²) in [6.45, 7) is 8.73. The Morgan fingerprint density at radius 3 is 2.12 bits per heavy atom. The molecule has 0 saturated carbocycles. The quantitative estimate of drug-likeness (QED) is 0.418. The molecule has 0 fully saturated rings. The zero-order valence-corrected chi connectivity index (χ0v) is 11.8. The summed E-state index contributed by atoms with van der Waals surface area (Å²) in [7, 11) is 0. The maximum absolute atomic E-state index is 5.63. The molecule has 0 N–H and O–H groups in total. The van der Waals surface area contributed by atoms with E-state index in [4.69, 9.17) is 4.74 Å². The van der Waals surface area contributed by atoms with Crippen LogP contribution in [0.3, 0.4) is 0 Å². The molecule has 0 heterocycles. The van der Waals surface area contributed by atoms with Crippen molar-refractivity contribution in [3.8, 4) is 0 Å². The average molecular weight is 228 g/mol. The number of hydrogen-bond acceptors (Lipinski definition) is 1. The van der Waals surface area contributed by atoms with Crippen molar-refractivity contribution in [3.05, 3.63) is 0 Å². The predicted molar refractivity (Wildman–Crippen MR) is 72.9 cm³/mol. The van der Waals surface area contributed by atoms with Crippen molar-refractivity contribution in [3.63, 3.8) is 0 Å². The summed E-state index contributed by atoms with van der Waals surface area (Å²) < 4.78 is 5.63. The minimum atomic E-state index is 0.753. The van der Waals surface area contributed by atoms with Gasteiger partial charge in [-0.15, -0.1) is 0 Å². The highest BCUT2D eigenvalue weighted by atomic mass is 16.5. The van der Waals surface area contributed by atoms with Gasteiger partial charge in [-0.25, -0.2) is 0 Å². The van der Waals surface area contributed by atoms with Gasteiger partial charge in [0, 0.05) is 13.2 Å². The first-order valence-electron chi connectivity index (χ1n) is 7.39. The summed E-state index contributed by atoms with van der Waals surface area (Å²) in [5.41, 5.74) is 0. The Balaban J connectivity index is 3.08. The van der Waals surface area contributed by atoms with E-state index in [0.29, 0.717) is 0 Å². The molecule has 0 aromatic rings. The standard InChI is InChI=1S/C15H32O/c1-4-6-8-9-10-11-12-15(3)14-16-13-7-5-2/h15H,4-14H2,1-3H3. The SMILES string of the molecule is CCCCCCCCC(C)COCCCC. The molecule has 0 saturated heterocycles. The van der Waals surface area contributed by atoms with Crippen LogP contribution in [0.5, 0.6) is 0 Å². The normalized spacial score (nSPS) is 12.9. The van der Waals surface area contributed by atoms with E-state index in [1.165, 1.54) is 57.8 Å². The molecule has 1 unspecified atom stereocenters. The van der Waals surface area contributed by atoms with Crippen LogP contribution < -0.4 is 0 Å². The van der Waals surface area contributed by atoms with Gasteiger partial charge in [-0.05, 0) is 18.8 Å². The Morgan fingerprint density at radius 2 is 1.44 bits per heavy atom. The molecule has 1 heteroatoms. The fraction of sp³-hybridized carbons (Fsp3) is 1.00. The third kappa shape index (κ3) is 12.0.